The van der Waals surface area contributed by atoms with Crippen molar-refractivity contribution in [2.24, 2.45) is 0 Å². The maximum absolute atomic E-state index is 12.5. The summed E-state index contributed by atoms with van der Waals surface area (Å²) in [6.45, 7) is 1.03. The molecule has 0 spiro atoms. The number of amides is 3. The first-order valence-corrected chi connectivity index (χ1v) is 8.81. The van der Waals surface area contributed by atoms with E-state index in [1.807, 2.05) is 60.7 Å². The van der Waals surface area contributed by atoms with Crippen LogP contribution in [0, 0.1) is 0 Å². The lowest BCUT2D eigenvalue weighted by Crippen LogP contribution is -2.38. The van der Waals surface area contributed by atoms with Crippen LogP contribution in [-0.2, 0) is 17.9 Å². The normalized spacial score (nSPS) is 10.1. The Kier molecular flexibility index (Phi) is 8.65. The van der Waals surface area contributed by atoms with Gasteiger partial charge in [0.05, 0.1) is 0 Å². The van der Waals surface area contributed by atoms with Gasteiger partial charge in [0.2, 0.25) is 0 Å². The van der Waals surface area contributed by atoms with Crippen LogP contribution in [-0.4, -0.2) is 42.0 Å². The van der Waals surface area contributed by atoms with Crippen molar-refractivity contribution in [1.82, 2.24) is 15.5 Å². The highest BCUT2D eigenvalue weighted by Crippen LogP contribution is 2.09. The third-order valence-electron chi connectivity index (χ3n) is 3.81. The molecule has 0 unspecified atom stereocenters. The second-order valence-electron chi connectivity index (χ2n) is 5.89. The lowest BCUT2D eigenvalue weighted by molar-refractivity contribution is 0.0933. The second kappa shape index (κ2) is 11.5. The van der Waals surface area contributed by atoms with Gasteiger partial charge in [-0.3, -0.25) is 0 Å². The second-order valence-corrected chi connectivity index (χ2v) is 5.89. The summed E-state index contributed by atoms with van der Waals surface area (Å²) in [7, 11) is 0. The highest BCUT2D eigenvalue weighted by Gasteiger charge is 2.15. The first-order chi connectivity index (χ1) is 13.2. The molecule has 2 aromatic carbocycles. The van der Waals surface area contributed by atoms with Crippen molar-refractivity contribution in [3.8, 4) is 0 Å². The van der Waals surface area contributed by atoms with Gasteiger partial charge in [0.15, 0.2) is 0 Å². The summed E-state index contributed by atoms with van der Waals surface area (Å²) >= 11 is 0. The third kappa shape index (κ3) is 7.79. The SMILES string of the molecule is O=C(NCO)NCCCN(Cc1ccccc1)C(=O)OCc1ccccc1. The molecule has 27 heavy (non-hydrogen) atoms. The molecule has 0 radical (unpaired) electrons. The van der Waals surface area contributed by atoms with Gasteiger partial charge in [0, 0.05) is 19.6 Å². The van der Waals surface area contributed by atoms with Crippen molar-refractivity contribution in [2.75, 3.05) is 19.8 Å². The van der Waals surface area contributed by atoms with Crippen LogP contribution in [0.3, 0.4) is 0 Å². The first-order valence-electron chi connectivity index (χ1n) is 8.81. The van der Waals surface area contributed by atoms with Crippen LogP contribution in [0.15, 0.2) is 60.7 Å². The largest absolute Gasteiger partial charge is 0.445 e. The number of rotatable bonds is 9. The summed E-state index contributed by atoms with van der Waals surface area (Å²) < 4.78 is 5.43. The van der Waals surface area contributed by atoms with E-state index in [4.69, 9.17) is 9.84 Å². The average Bonchev–Trinajstić information content (AvgIpc) is 2.70. The molecule has 3 N–H and O–H groups in total. The average molecular weight is 371 g/mol. The molecular weight excluding hydrogens is 346 g/mol. The summed E-state index contributed by atoms with van der Waals surface area (Å²) in [6.07, 6.45) is 0.161. The number of ether oxygens (including phenoxy) is 1. The topological polar surface area (TPSA) is 90.9 Å². The van der Waals surface area contributed by atoms with E-state index >= 15 is 0 Å². The van der Waals surface area contributed by atoms with Crippen molar-refractivity contribution >= 4 is 12.1 Å². The van der Waals surface area contributed by atoms with Crippen molar-refractivity contribution in [3.63, 3.8) is 0 Å². The molecule has 0 saturated carbocycles. The smallest absolute Gasteiger partial charge is 0.410 e. The highest BCUT2D eigenvalue weighted by atomic mass is 16.6. The van der Waals surface area contributed by atoms with E-state index in [1.165, 1.54) is 0 Å². The number of nitrogens with one attached hydrogen (secondary N) is 2. The van der Waals surface area contributed by atoms with Crippen LogP contribution in [0.4, 0.5) is 9.59 Å². The highest BCUT2D eigenvalue weighted by molar-refractivity contribution is 5.73. The lowest BCUT2D eigenvalue weighted by Gasteiger charge is -2.22. The van der Waals surface area contributed by atoms with Gasteiger partial charge in [-0.2, -0.15) is 0 Å². The van der Waals surface area contributed by atoms with Gasteiger partial charge in [-0.1, -0.05) is 60.7 Å². The Morgan fingerprint density at radius 1 is 0.926 bits per heavy atom. The van der Waals surface area contributed by atoms with Crippen molar-refractivity contribution in [3.05, 3.63) is 71.8 Å². The van der Waals surface area contributed by atoms with Gasteiger partial charge in [-0.15, -0.1) is 0 Å². The summed E-state index contributed by atoms with van der Waals surface area (Å²) in [6, 6.07) is 18.7. The van der Waals surface area contributed by atoms with Crippen molar-refractivity contribution in [1.29, 1.82) is 0 Å². The standard InChI is InChI=1S/C20H25N3O4/c24-16-22-19(25)21-12-7-13-23(14-17-8-3-1-4-9-17)20(26)27-15-18-10-5-2-6-11-18/h1-6,8-11,24H,7,12-16H2,(H2,21,22,25). The summed E-state index contributed by atoms with van der Waals surface area (Å²) in [5, 5.41) is 13.5. The van der Waals surface area contributed by atoms with Crippen LogP contribution >= 0.6 is 0 Å². The van der Waals surface area contributed by atoms with E-state index in [1.54, 1.807) is 4.90 Å². The number of carbonyl (C=O) groups excluding carboxylic acids is 2. The summed E-state index contributed by atoms with van der Waals surface area (Å²) in [5.41, 5.74) is 1.92. The Morgan fingerprint density at radius 3 is 2.19 bits per heavy atom. The van der Waals surface area contributed by atoms with E-state index in [9.17, 15) is 9.59 Å². The molecule has 0 heterocycles. The molecule has 0 saturated heterocycles. The molecule has 0 aliphatic carbocycles. The van der Waals surface area contributed by atoms with Crippen LogP contribution in [0.25, 0.3) is 0 Å². The predicted molar refractivity (Wildman–Crippen MR) is 102 cm³/mol. The Morgan fingerprint density at radius 2 is 1.56 bits per heavy atom. The predicted octanol–water partition coefficient (Wildman–Crippen LogP) is 2.46. The minimum absolute atomic E-state index is 0.210. The van der Waals surface area contributed by atoms with Crippen LogP contribution < -0.4 is 10.6 Å². The van der Waals surface area contributed by atoms with Gasteiger partial charge in [-0.25, -0.2) is 9.59 Å². The van der Waals surface area contributed by atoms with Crippen molar-refractivity contribution < 1.29 is 19.4 Å². The number of nitrogens with zero attached hydrogens (tertiary/aromatic N) is 1. The zero-order chi connectivity index (χ0) is 19.3. The van der Waals surface area contributed by atoms with E-state index in [0.29, 0.717) is 26.1 Å². The quantitative estimate of drug-likeness (QED) is 0.466. The molecule has 7 nitrogen and oxygen atoms in total. The first kappa shape index (κ1) is 20.3. The number of urea groups is 1. The molecule has 2 rings (SSSR count). The van der Waals surface area contributed by atoms with Crippen LogP contribution in [0.2, 0.25) is 0 Å². The van der Waals surface area contributed by atoms with Gasteiger partial charge in [-0.05, 0) is 17.5 Å². The van der Waals surface area contributed by atoms with Gasteiger partial charge >= 0.3 is 12.1 Å². The number of aliphatic hydroxyl groups is 1. The molecule has 2 aromatic rings. The Hall–Kier alpha value is -3.06. The lowest BCUT2D eigenvalue weighted by atomic mass is 10.2. The van der Waals surface area contributed by atoms with E-state index in [2.05, 4.69) is 10.6 Å². The number of hydrogen-bond donors (Lipinski definition) is 3. The summed E-state index contributed by atoms with van der Waals surface area (Å²) in [4.78, 5) is 25.4. The molecule has 3 amide bonds. The molecule has 7 heteroatoms. The zero-order valence-corrected chi connectivity index (χ0v) is 15.1. The fourth-order valence-electron chi connectivity index (χ4n) is 2.46. The fraction of sp³-hybridized carbons (Fsp3) is 0.300. The molecule has 0 aliphatic rings. The van der Waals surface area contributed by atoms with Gasteiger partial charge in [0.25, 0.3) is 0 Å². The van der Waals surface area contributed by atoms with Gasteiger partial charge < -0.3 is 25.4 Å². The maximum atomic E-state index is 12.5. The molecule has 0 bridgehead atoms. The maximum Gasteiger partial charge on any atom is 0.410 e. The number of aliphatic hydroxyl groups excluding tert-OH is 1. The number of carbonyl (C=O) groups is 2. The molecule has 0 fully saturated rings. The fourth-order valence-corrected chi connectivity index (χ4v) is 2.46. The van der Waals surface area contributed by atoms with E-state index < -0.39 is 18.9 Å². The zero-order valence-electron chi connectivity index (χ0n) is 15.1. The van der Waals surface area contributed by atoms with Crippen LogP contribution in [0.1, 0.15) is 17.5 Å². The number of benzene rings is 2. The molecule has 0 atom stereocenters. The van der Waals surface area contributed by atoms with Crippen molar-refractivity contribution in [2.45, 2.75) is 19.6 Å². The Balaban J connectivity index is 1.88. The molecular formula is C20H25N3O4. The third-order valence-corrected chi connectivity index (χ3v) is 3.81. The minimum Gasteiger partial charge on any atom is -0.445 e. The Bertz CT molecular complexity index is 695. The monoisotopic (exact) mass is 371 g/mol. The molecule has 0 aliphatic heterocycles. The van der Waals surface area contributed by atoms with E-state index in [0.717, 1.165) is 11.1 Å². The Labute approximate surface area is 158 Å². The van der Waals surface area contributed by atoms with Crippen LogP contribution in [0.5, 0.6) is 0 Å². The molecule has 0 aromatic heterocycles. The molecule has 144 valence electrons. The minimum atomic E-state index is -0.446. The van der Waals surface area contributed by atoms with E-state index in [-0.39, 0.29) is 6.61 Å². The summed E-state index contributed by atoms with van der Waals surface area (Å²) in [5.74, 6) is 0. The van der Waals surface area contributed by atoms with Gasteiger partial charge in [0.1, 0.15) is 13.3 Å². The number of hydrogen-bond acceptors (Lipinski definition) is 4.